The summed E-state index contributed by atoms with van der Waals surface area (Å²) in [5.74, 6) is 5.07. The first-order valence-electron chi connectivity index (χ1n) is 9.71. The van der Waals surface area contributed by atoms with Crippen molar-refractivity contribution in [2.24, 2.45) is 5.92 Å². The van der Waals surface area contributed by atoms with Gasteiger partial charge in [-0.05, 0) is 50.3 Å². The molecule has 1 saturated heterocycles. The average Bonchev–Trinajstić information content (AvgIpc) is 3.05. The first kappa shape index (κ1) is 21.7. The molecule has 150 valence electrons. The lowest BCUT2D eigenvalue weighted by Crippen LogP contribution is -2.36. The Morgan fingerprint density at radius 2 is 2.04 bits per heavy atom. The maximum absolute atomic E-state index is 12.4. The van der Waals surface area contributed by atoms with Gasteiger partial charge in [-0.15, -0.1) is 11.8 Å². The molecule has 5 heteroatoms. The van der Waals surface area contributed by atoms with Crippen LogP contribution in [-0.4, -0.2) is 45.7 Å². The summed E-state index contributed by atoms with van der Waals surface area (Å²) >= 11 is 0. The Balaban J connectivity index is 2.02. The van der Waals surface area contributed by atoms with Gasteiger partial charge < -0.3 is 15.1 Å². The van der Waals surface area contributed by atoms with Gasteiger partial charge in [-0.3, -0.25) is 4.79 Å². The van der Waals surface area contributed by atoms with Crippen molar-refractivity contribution in [3.05, 3.63) is 47.0 Å². The number of hydrogen-bond acceptors (Lipinski definition) is 3. The lowest BCUT2D eigenvalue weighted by atomic mass is 9.96. The van der Waals surface area contributed by atoms with Gasteiger partial charge in [0.05, 0.1) is 17.7 Å². The highest BCUT2D eigenvalue weighted by Gasteiger charge is 2.32. The predicted molar refractivity (Wildman–Crippen MR) is 109 cm³/mol. The first-order chi connectivity index (χ1) is 13.3. The minimum Gasteiger partial charge on any atom is -0.478 e. The molecule has 0 spiro atoms. The average molecular weight is 383 g/mol. The van der Waals surface area contributed by atoms with E-state index < -0.39 is 12.1 Å². The zero-order valence-corrected chi connectivity index (χ0v) is 16.8. The second-order valence-corrected chi connectivity index (χ2v) is 7.40. The predicted octanol–water partition coefficient (Wildman–Crippen LogP) is 3.28. The van der Waals surface area contributed by atoms with Crippen LogP contribution < -0.4 is 0 Å². The second kappa shape index (κ2) is 10.1. The molecule has 0 aliphatic carbocycles. The number of nitrogens with zero attached hydrogens (tertiary/aromatic N) is 1. The van der Waals surface area contributed by atoms with E-state index in [0.29, 0.717) is 25.8 Å². The summed E-state index contributed by atoms with van der Waals surface area (Å²) in [4.78, 5) is 25.2. The molecule has 1 aliphatic heterocycles. The molecule has 2 rings (SSSR count). The number of carboxylic acids is 1. The van der Waals surface area contributed by atoms with Crippen molar-refractivity contribution in [1.29, 1.82) is 0 Å². The van der Waals surface area contributed by atoms with Gasteiger partial charge >= 0.3 is 5.97 Å². The van der Waals surface area contributed by atoms with E-state index >= 15 is 0 Å². The first-order valence-corrected chi connectivity index (χ1v) is 9.71. The molecule has 1 unspecified atom stereocenters. The molecule has 2 N–H and O–H groups in total. The van der Waals surface area contributed by atoms with Gasteiger partial charge in [0.2, 0.25) is 5.91 Å². The number of carbonyl (C=O) groups excluding carboxylic acids is 1. The quantitative estimate of drug-likeness (QED) is 0.533. The zero-order chi connectivity index (χ0) is 20.7. The summed E-state index contributed by atoms with van der Waals surface area (Å²) in [5, 5.41) is 19.4. The van der Waals surface area contributed by atoms with Gasteiger partial charge in [0.25, 0.3) is 0 Å². The normalized spacial score (nSPS) is 19.1. The minimum absolute atomic E-state index is 0.00454. The van der Waals surface area contributed by atoms with E-state index in [-0.39, 0.29) is 23.4 Å². The number of carboxylic acid groups (broad SMARTS) is 1. The van der Waals surface area contributed by atoms with Crippen molar-refractivity contribution in [1.82, 2.24) is 4.90 Å². The lowest BCUT2D eigenvalue weighted by Gasteiger charge is -2.27. The molecule has 5 nitrogen and oxygen atoms in total. The van der Waals surface area contributed by atoms with Crippen molar-refractivity contribution in [2.45, 2.75) is 58.6 Å². The maximum atomic E-state index is 12.4. The Labute approximate surface area is 167 Å². The summed E-state index contributed by atoms with van der Waals surface area (Å²) in [6.07, 6.45) is 3.86. The third kappa shape index (κ3) is 5.71. The molecule has 1 aromatic carbocycles. The van der Waals surface area contributed by atoms with E-state index in [1.54, 1.807) is 31.2 Å². The molecule has 0 aromatic heterocycles. The SMILES string of the molecule is CC#CCC(C)[C@@H](O)/C=C(\C)[C@H]1CCC(=O)N1CCc1ccc(C(=O)O)cc1. The molecule has 1 aromatic rings. The Kier molecular flexibility index (Phi) is 7.83. The minimum atomic E-state index is -0.945. The van der Waals surface area contributed by atoms with Gasteiger partial charge in [0.1, 0.15) is 0 Å². The molecule has 1 fully saturated rings. The van der Waals surface area contributed by atoms with Crippen LogP contribution in [0.5, 0.6) is 0 Å². The van der Waals surface area contributed by atoms with Crippen molar-refractivity contribution in [3.8, 4) is 11.8 Å². The van der Waals surface area contributed by atoms with E-state index in [1.165, 1.54) is 0 Å². The molecule has 0 radical (unpaired) electrons. The van der Waals surface area contributed by atoms with E-state index in [2.05, 4.69) is 11.8 Å². The van der Waals surface area contributed by atoms with E-state index in [4.69, 9.17) is 5.11 Å². The van der Waals surface area contributed by atoms with Crippen LogP contribution in [0.25, 0.3) is 0 Å². The highest BCUT2D eigenvalue weighted by Crippen LogP contribution is 2.26. The van der Waals surface area contributed by atoms with Crippen LogP contribution in [0.1, 0.15) is 56.0 Å². The van der Waals surface area contributed by atoms with Crippen LogP contribution in [0.2, 0.25) is 0 Å². The molecule has 28 heavy (non-hydrogen) atoms. The van der Waals surface area contributed by atoms with E-state index in [9.17, 15) is 14.7 Å². The fraction of sp³-hybridized carbons (Fsp3) is 0.478. The maximum Gasteiger partial charge on any atom is 0.335 e. The molecule has 0 bridgehead atoms. The topological polar surface area (TPSA) is 77.8 Å². The van der Waals surface area contributed by atoms with Crippen LogP contribution in [0.15, 0.2) is 35.9 Å². The van der Waals surface area contributed by atoms with Gasteiger partial charge in [-0.25, -0.2) is 4.79 Å². The standard InChI is InChI=1S/C23H29NO4/c1-4-5-6-16(2)21(25)15-17(3)20-11-12-22(26)24(20)14-13-18-7-9-19(10-8-18)23(27)28/h7-10,15-16,20-21,25H,6,11-14H2,1-3H3,(H,27,28)/b17-15+/t16?,20-,21+/m1/s1. The molecular formula is C23H29NO4. The molecule has 1 amide bonds. The molecule has 1 heterocycles. The smallest absolute Gasteiger partial charge is 0.335 e. The number of likely N-dealkylation sites (tertiary alicyclic amines) is 1. The van der Waals surface area contributed by atoms with E-state index in [0.717, 1.165) is 17.6 Å². The number of benzene rings is 1. The number of aliphatic hydroxyl groups excluding tert-OH is 1. The highest BCUT2D eigenvalue weighted by atomic mass is 16.4. The fourth-order valence-electron chi connectivity index (χ4n) is 3.48. The summed E-state index contributed by atoms with van der Waals surface area (Å²) in [6.45, 7) is 6.31. The molecular weight excluding hydrogens is 354 g/mol. The third-order valence-corrected chi connectivity index (χ3v) is 5.31. The van der Waals surface area contributed by atoms with Gasteiger partial charge in [0, 0.05) is 19.4 Å². The fourth-order valence-corrected chi connectivity index (χ4v) is 3.48. The number of hydrogen-bond donors (Lipinski definition) is 2. The van der Waals surface area contributed by atoms with Crippen LogP contribution in [-0.2, 0) is 11.2 Å². The molecule has 1 aliphatic rings. The Morgan fingerprint density at radius 3 is 2.64 bits per heavy atom. The molecule has 0 saturated carbocycles. The monoisotopic (exact) mass is 383 g/mol. The highest BCUT2D eigenvalue weighted by molar-refractivity contribution is 5.87. The second-order valence-electron chi connectivity index (χ2n) is 7.40. The lowest BCUT2D eigenvalue weighted by molar-refractivity contribution is -0.128. The van der Waals surface area contributed by atoms with Gasteiger partial charge in [-0.1, -0.05) is 30.7 Å². The largest absolute Gasteiger partial charge is 0.478 e. The van der Waals surface area contributed by atoms with Crippen LogP contribution in [0.3, 0.4) is 0 Å². The van der Waals surface area contributed by atoms with Crippen LogP contribution in [0, 0.1) is 17.8 Å². The summed E-state index contributed by atoms with van der Waals surface area (Å²) in [7, 11) is 0. The van der Waals surface area contributed by atoms with Crippen molar-refractivity contribution in [3.63, 3.8) is 0 Å². The number of aliphatic hydroxyl groups is 1. The Hall–Kier alpha value is -2.58. The van der Waals surface area contributed by atoms with E-state index in [1.807, 2.05) is 24.8 Å². The van der Waals surface area contributed by atoms with Crippen LogP contribution >= 0.6 is 0 Å². The number of aromatic carboxylic acids is 1. The number of carbonyl (C=O) groups is 2. The number of rotatable bonds is 8. The summed E-state index contributed by atoms with van der Waals surface area (Å²) < 4.78 is 0. The van der Waals surface area contributed by atoms with Crippen molar-refractivity contribution in [2.75, 3.05) is 6.54 Å². The zero-order valence-electron chi connectivity index (χ0n) is 16.8. The summed E-state index contributed by atoms with van der Waals surface area (Å²) in [5.41, 5.74) is 2.27. The Morgan fingerprint density at radius 1 is 1.36 bits per heavy atom. The third-order valence-electron chi connectivity index (χ3n) is 5.31. The van der Waals surface area contributed by atoms with Gasteiger partial charge in [0.15, 0.2) is 0 Å². The van der Waals surface area contributed by atoms with Crippen molar-refractivity contribution >= 4 is 11.9 Å². The van der Waals surface area contributed by atoms with Crippen LogP contribution in [0.4, 0.5) is 0 Å². The molecule has 3 atom stereocenters. The summed E-state index contributed by atoms with van der Waals surface area (Å²) in [6, 6.07) is 6.76. The number of amides is 1. The van der Waals surface area contributed by atoms with Gasteiger partial charge in [-0.2, -0.15) is 0 Å². The van der Waals surface area contributed by atoms with Crippen molar-refractivity contribution < 1.29 is 19.8 Å². The Bertz CT molecular complexity index is 785.